The van der Waals surface area contributed by atoms with E-state index in [9.17, 15) is 9.59 Å². The van der Waals surface area contributed by atoms with Gasteiger partial charge in [0.2, 0.25) is 0 Å². The fourth-order valence-corrected chi connectivity index (χ4v) is 4.98. The molecule has 2 aromatic carbocycles. The normalized spacial score (nSPS) is 11.1. The Morgan fingerprint density at radius 1 is 0.579 bits per heavy atom. The number of rotatable bonds is 21. The molecule has 2 aromatic rings. The molecule has 0 fully saturated rings. The zero-order chi connectivity index (χ0) is 27.4. The van der Waals surface area contributed by atoms with E-state index in [1.807, 2.05) is 37.3 Å². The number of carbonyl (C=O) groups excluding carboxylic acids is 2. The van der Waals surface area contributed by atoms with Crippen LogP contribution in [0.3, 0.4) is 0 Å². The Labute approximate surface area is 231 Å². The predicted octanol–water partition coefficient (Wildman–Crippen LogP) is 10.3. The van der Waals surface area contributed by atoms with Crippen LogP contribution in [0.4, 0.5) is 0 Å². The summed E-state index contributed by atoms with van der Waals surface area (Å²) in [5.74, 6) is 0.790. The van der Waals surface area contributed by atoms with E-state index in [1.165, 1.54) is 77.0 Å². The highest BCUT2D eigenvalue weighted by molar-refractivity contribution is 5.97. The number of carbonyl (C=O) groups is 2. The number of aryl methyl sites for hydroxylation is 1. The smallest absolute Gasteiger partial charge is 0.311 e. The van der Waals surface area contributed by atoms with Crippen LogP contribution in [0.1, 0.15) is 142 Å². The Kier molecular flexibility index (Phi) is 16.5. The number of fused-ring (bicyclic) bond motifs is 1. The van der Waals surface area contributed by atoms with Crippen LogP contribution in [0.25, 0.3) is 10.8 Å². The summed E-state index contributed by atoms with van der Waals surface area (Å²) in [4.78, 5) is 25.3. The Balaban J connectivity index is 1.90. The van der Waals surface area contributed by atoms with Crippen molar-refractivity contribution in [3.05, 3.63) is 35.9 Å². The number of esters is 2. The molecule has 0 N–H and O–H groups in total. The van der Waals surface area contributed by atoms with Crippen molar-refractivity contribution in [2.24, 2.45) is 0 Å². The predicted molar refractivity (Wildman–Crippen MR) is 159 cm³/mol. The van der Waals surface area contributed by atoms with Gasteiger partial charge < -0.3 is 9.47 Å². The molecule has 2 rings (SSSR count). The lowest BCUT2D eigenvalue weighted by atomic mass is 10.0. The molecular formula is C34H52O4. The van der Waals surface area contributed by atoms with Gasteiger partial charge in [-0.05, 0) is 30.9 Å². The van der Waals surface area contributed by atoms with Crippen LogP contribution in [-0.2, 0) is 16.0 Å². The molecule has 0 amide bonds. The van der Waals surface area contributed by atoms with Crippen molar-refractivity contribution in [3.63, 3.8) is 0 Å². The summed E-state index contributed by atoms with van der Waals surface area (Å²) in [6, 6.07) is 9.62. The molecule has 38 heavy (non-hydrogen) atoms. The topological polar surface area (TPSA) is 52.6 Å². The molecule has 0 aliphatic heterocycles. The molecule has 0 spiro atoms. The summed E-state index contributed by atoms with van der Waals surface area (Å²) >= 11 is 0. The van der Waals surface area contributed by atoms with Gasteiger partial charge in [0, 0.05) is 23.6 Å². The molecule has 0 saturated carbocycles. The zero-order valence-electron chi connectivity index (χ0n) is 24.5. The van der Waals surface area contributed by atoms with Crippen LogP contribution in [0, 0.1) is 0 Å². The Morgan fingerprint density at radius 3 is 1.53 bits per heavy atom. The molecular weight excluding hydrogens is 472 g/mol. The van der Waals surface area contributed by atoms with Crippen molar-refractivity contribution in [2.45, 2.75) is 143 Å². The Bertz CT molecular complexity index is 949. The van der Waals surface area contributed by atoms with Gasteiger partial charge in [-0.1, -0.05) is 135 Å². The summed E-state index contributed by atoms with van der Waals surface area (Å²) in [5, 5.41) is 1.63. The van der Waals surface area contributed by atoms with Gasteiger partial charge >= 0.3 is 11.9 Å². The zero-order valence-corrected chi connectivity index (χ0v) is 24.5. The first-order chi connectivity index (χ1) is 18.6. The van der Waals surface area contributed by atoms with Gasteiger partial charge in [-0.25, -0.2) is 0 Å². The van der Waals surface area contributed by atoms with Crippen molar-refractivity contribution in [2.75, 3.05) is 0 Å². The van der Waals surface area contributed by atoms with Crippen LogP contribution in [0.15, 0.2) is 30.3 Å². The number of ether oxygens (including phenoxy) is 2. The minimum absolute atomic E-state index is 0.185. The third-order valence-electron chi connectivity index (χ3n) is 7.32. The van der Waals surface area contributed by atoms with Crippen molar-refractivity contribution < 1.29 is 19.1 Å². The summed E-state index contributed by atoms with van der Waals surface area (Å²) in [7, 11) is 0. The van der Waals surface area contributed by atoms with Crippen molar-refractivity contribution in [1.29, 1.82) is 0 Å². The molecule has 0 bridgehead atoms. The largest absolute Gasteiger partial charge is 0.426 e. The number of unbranched alkanes of at least 4 members (excludes halogenated alkanes) is 14. The Hall–Kier alpha value is -2.36. The van der Waals surface area contributed by atoms with E-state index in [4.69, 9.17) is 9.47 Å². The maximum atomic E-state index is 12.7. The van der Waals surface area contributed by atoms with E-state index < -0.39 is 0 Å². The minimum atomic E-state index is -0.192. The molecule has 0 radical (unpaired) electrons. The summed E-state index contributed by atoms with van der Waals surface area (Å²) in [6.45, 7) is 6.50. The van der Waals surface area contributed by atoms with E-state index in [0.717, 1.165) is 42.0 Å². The van der Waals surface area contributed by atoms with E-state index in [2.05, 4.69) is 13.8 Å². The number of hydrogen-bond donors (Lipinski definition) is 0. The molecule has 0 aromatic heterocycles. The van der Waals surface area contributed by atoms with Crippen molar-refractivity contribution in [1.82, 2.24) is 0 Å². The van der Waals surface area contributed by atoms with Gasteiger partial charge in [-0.3, -0.25) is 9.59 Å². The van der Waals surface area contributed by atoms with Crippen LogP contribution in [0.2, 0.25) is 0 Å². The third-order valence-corrected chi connectivity index (χ3v) is 7.32. The van der Waals surface area contributed by atoms with Gasteiger partial charge in [-0.2, -0.15) is 0 Å². The highest BCUT2D eigenvalue weighted by Gasteiger charge is 2.18. The van der Waals surface area contributed by atoms with E-state index in [-0.39, 0.29) is 11.9 Å². The molecule has 0 aliphatic rings. The molecule has 212 valence electrons. The summed E-state index contributed by atoms with van der Waals surface area (Å²) < 4.78 is 11.8. The van der Waals surface area contributed by atoms with E-state index in [0.29, 0.717) is 30.8 Å². The highest BCUT2D eigenvalue weighted by Crippen LogP contribution is 2.37. The quantitative estimate of drug-likeness (QED) is 0.0926. The minimum Gasteiger partial charge on any atom is -0.426 e. The van der Waals surface area contributed by atoms with Crippen molar-refractivity contribution >= 4 is 22.7 Å². The van der Waals surface area contributed by atoms with Gasteiger partial charge in [0.15, 0.2) is 0 Å². The Morgan fingerprint density at radius 2 is 1.03 bits per heavy atom. The summed E-state index contributed by atoms with van der Waals surface area (Å²) in [6.07, 6.45) is 20.6. The molecule has 0 heterocycles. The average molecular weight is 525 g/mol. The van der Waals surface area contributed by atoms with E-state index in [1.54, 1.807) is 0 Å². The lowest BCUT2D eigenvalue weighted by Crippen LogP contribution is -2.11. The molecule has 0 unspecified atom stereocenters. The maximum Gasteiger partial charge on any atom is 0.311 e. The van der Waals surface area contributed by atoms with Crippen LogP contribution in [0.5, 0.6) is 11.5 Å². The van der Waals surface area contributed by atoms with Crippen LogP contribution >= 0.6 is 0 Å². The molecule has 0 aliphatic carbocycles. The number of benzene rings is 2. The van der Waals surface area contributed by atoms with Gasteiger partial charge in [0.1, 0.15) is 11.5 Å². The first-order valence-electron chi connectivity index (χ1n) is 15.6. The fraction of sp³-hybridized carbons (Fsp3) is 0.647. The monoisotopic (exact) mass is 524 g/mol. The van der Waals surface area contributed by atoms with Gasteiger partial charge in [-0.15, -0.1) is 0 Å². The average Bonchev–Trinajstić information content (AvgIpc) is 2.92. The van der Waals surface area contributed by atoms with E-state index >= 15 is 0 Å². The molecule has 4 nitrogen and oxygen atoms in total. The lowest BCUT2D eigenvalue weighted by Gasteiger charge is -2.16. The highest BCUT2D eigenvalue weighted by atomic mass is 16.5. The second kappa shape index (κ2) is 19.7. The van der Waals surface area contributed by atoms with Crippen LogP contribution < -0.4 is 9.47 Å². The van der Waals surface area contributed by atoms with Gasteiger partial charge in [0.05, 0.1) is 0 Å². The first-order valence-corrected chi connectivity index (χ1v) is 15.6. The second-order valence-corrected chi connectivity index (χ2v) is 10.7. The first kappa shape index (κ1) is 31.9. The van der Waals surface area contributed by atoms with Crippen LogP contribution in [-0.4, -0.2) is 11.9 Å². The van der Waals surface area contributed by atoms with Gasteiger partial charge in [0.25, 0.3) is 0 Å². The second-order valence-electron chi connectivity index (χ2n) is 10.7. The SMILES string of the molecule is CCCCCCCCCCC(=O)Oc1cc(CC)c(OC(=O)CCCCCCCCCC)c2ccccc12. The fourth-order valence-electron chi connectivity index (χ4n) is 4.98. The number of hydrogen-bond acceptors (Lipinski definition) is 4. The molecule has 0 saturated heterocycles. The van der Waals surface area contributed by atoms with Crippen molar-refractivity contribution in [3.8, 4) is 11.5 Å². The summed E-state index contributed by atoms with van der Waals surface area (Å²) in [5.41, 5.74) is 0.892. The molecule has 4 heteroatoms. The molecule has 0 atom stereocenters. The lowest BCUT2D eigenvalue weighted by molar-refractivity contribution is -0.135. The maximum absolute atomic E-state index is 12.7. The third kappa shape index (κ3) is 12.0. The standard InChI is InChI=1S/C34H52O4/c1-4-7-9-11-13-15-17-19-25-32(35)37-31-27-28(6-3)34(30-24-22-21-23-29(30)31)38-33(36)26-20-18-16-14-12-10-8-5-2/h21-24,27H,4-20,25-26H2,1-3H3.